The third-order valence-corrected chi connectivity index (χ3v) is 4.70. The summed E-state index contributed by atoms with van der Waals surface area (Å²) in [6, 6.07) is -0.157. The molecule has 1 amide bonds. The van der Waals surface area contributed by atoms with Crippen LogP contribution in [0.15, 0.2) is 5.51 Å². The van der Waals surface area contributed by atoms with Gasteiger partial charge in [-0.05, 0) is 13.8 Å². The molecule has 0 aliphatic carbocycles. The molecular weight excluding hydrogens is 292 g/mol. The molecule has 1 fully saturated rings. The van der Waals surface area contributed by atoms with E-state index in [1.54, 1.807) is 5.51 Å². The maximum absolute atomic E-state index is 11.2. The van der Waals surface area contributed by atoms with Crippen molar-refractivity contribution in [3.05, 3.63) is 5.51 Å². The average molecular weight is 308 g/mol. The van der Waals surface area contributed by atoms with Gasteiger partial charge in [-0.3, -0.25) is 0 Å². The van der Waals surface area contributed by atoms with Gasteiger partial charge in [0.15, 0.2) is 10.6 Å². The van der Waals surface area contributed by atoms with Crippen molar-refractivity contribution in [1.82, 2.24) is 19.9 Å². The van der Waals surface area contributed by atoms with Gasteiger partial charge >= 0.3 is 6.09 Å². The quantitative estimate of drug-likeness (QED) is 0.816. The number of rotatable bonds is 1. The standard InChI is InChI=1S/C12H16N6O2S/c1-6-7(2)18(12(19)20)4-3-17(6)9-8-10(21-5-14-8)16-11(13)15-9/h5-7H,3-4H2,1-2H3,(H,19,20)(H2,13,15,16). The Balaban J connectivity index is 2.00. The van der Waals surface area contributed by atoms with Crippen LogP contribution in [0.3, 0.4) is 0 Å². The van der Waals surface area contributed by atoms with E-state index in [0.29, 0.717) is 18.9 Å². The second-order valence-electron chi connectivity index (χ2n) is 5.06. The maximum atomic E-state index is 11.2. The summed E-state index contributed by atoms with van der Waals surface area (Å²) in [6.45, 7) is 4.86. The van der Waals surface area contributed by atoms with E-state index in [1.807, 2.05) is 13.8 Å². The highest BCUT2D eigenvalue weighted by Crippen LogP contribution is 2.30. The number of thiazole rings is 1. The van der Waals surface area contributed by atoms with Gasteiger partial charge in [-0.1, -0.05) is 0 Å². The third-order valence-electron chi connectivity index (χ3n) is 3.98. The first kappa shape index (κ1) is 13.8. The van der Waals surface area contributed by atoms with Gasteiger partial charge in [-0.15, -0.1) is 11.3 Å². The Labute approximate surface area is 125 Å². The summed E-state index contributed by atoms with van der Waals surface area (Å²) in [7, 11) is 0. The van der Waals surface area contributed by atoms with E-state index in [-0.39, 0.29) is 18.0 Å². The van der Waals surface area contributed by atoms with Gasteiger partial charge in [0.05, 0.1) is 11.6 Å². The first-order valence-electron chi connectivity index (χ1n) is 6.62. The zero-order valence-corrected chi connectivity index (χ0v) is 12.5. The lowest BCUT2D eigenvalue weighted by Gasteiger charge is -2.44. The minimum absolute atomic E-state index is 0.0194. The summed E-state index contributed by atoms with van der Waals surface area (Å²) in [4.78, 5) is 28.3. The molecule has 3 heterocycles. The van der Waals surface area contributed by atoms with Crippen molar-refractivity contribution in [2.24, 2.45) is 0 Å². The number of aromatic nitrogens is 3. The maximum Gasteiger partial charge on any atom is 0.407 e. The second-order valence-corrected chi connectivity index (χ2v) is 5.90. The third kappa shape index (κ3) is 2.23. The summed E-state index contributed by atoms with van der Waals surface area (Å²) in [5, 5.41) is 9.22. The largest absolute Gasteiger partial charge is 0.465 e. The van der Waals surface area contributed by atoms with E-state index < -0.39 is 6.09 Å². The van der Waals surface area contributed by atoms with Gasteiger partial charge in [0.25, 0.3) is 0 Å². The van der Waals surface area contributed by atoms with Crippen LogP contribution >= 0.6 is 11.3 Å². The van der Waals surface area contributed by atoms with Crippen molar-refractivity contribution < 1.29 is 9.90 Å². The Kier molecular flexibility index (Phi) is 3.28. The molecule has 112 valence electrons. The molecule has 2 aromatic heterocycles. The van der Waals surface area contributed by atoms with Gasteiger partial charge in [0.2, 0.25) is 5.95 Å². The molecule has 8 nitrogen and oxygen atoms in total. The van der Waals surface area contributed by atoms with Gasteiger partial charge in [0, 0.05) is 19.1 Å². The highest BCUT2D eigenvalue weighted by Gasteiger charge is 2.35. The number of nitrogens with two attached hydrogens (primary N) is 1. The van der Waals surface area contributed by atoms with Gasteiger partial charge in [-0.2, -0.15) is 4.98 Å². The number of nitrogen functional groups attached to an aromatic ring is 1. The molecule has 1 aliphatic rings. The molecule has 2 atom stereocenters. The van der Waals surface area contributed by atoms with Gasteiger partial charge < -0.3 is 20.6 Å². The van der Waals surface area contributed by atoms with E-state index in [9.17, 15) is 9.90 Å². The molecule has 1 aliphatic heterocycles. The van der Waals surface area contributed by atoms with Crippen molar-refractivity contribution >= 4 is 39.5 Å². The first-order valence-corrected chi connectivity index (χ1v) is 7.50. The molecular formula is C12H16N6O2S. The van der Waals surface area contributed by atoms with E-state index in [4.69, 9.17) is 5.73 Å². The van der Waals surface area contributed by atoms with E-state index in [1.165, 1.54) is 16.2 Å². The summed E-state index contributed by atoms with van der Waals surface area (Å²) in [5.41, 5.74) is 8.20. The number of hydrogen-bond acceptors (Lipinski definition) is 7. The zero-order chi connectivity index (χ0) is 15.1. The summed E-state index contributed by atoms with van der Waals surface area (Å²) in [5.74, 6) is 0.894. The highest BCUT2D eigenvalue weighted by atomic mass is 32.1. The summed E-state index contributed by atoms with van der Waals surface area (Å²) in [6.07, 6.45) is -0.894. The first-order chi connectivity index (χ1) is 9.99. The van der Waals surface area contributed by atoms with Crippen LogP contribution in [0.5, 0.6) is 0 Å². The number of amides is 1. The van der Waals surface area contributed by atoms with E-state index in [2.05, 4.69) is 19.9 Å². The monoisotopic (exact) mass is 308 g/mol. The number of carboxylic acid groups (broad SMARTS) is 1. The van der Waals surface area contributed by atoms with Crippen molar-refractivity contribution in [3.63, 3.8) is 0 Å². The fraction of sp³-hybridized carbons (Fsp3) is 0.500. The number of hydrogen-bond donors (Lipinski definition) is 2. The Morgan fingerprint density at radius 3 is 2.86 bits per heavy atom. The number of anilines is 2. The van der Waals surface area contributed by atoms with Crippen LogP contribution in [0.4, 0.5) is 16.6 Å². The number of nitrogens with zero attached hydrogens (tertiary/aromatic N) is 5. The molecule has 9 heteroatoms. The van der Waals surface area contributed by atoms with Crippen molar-refractivity contribution in [1.29, 1.82) is 0 Å². The molecule has 0 spiro atoms. The fourth-order valence-corrected chi connectivity index (χ4v) is 3.34. The van der Waals surface area contributed by atoms with Crippen molar-refractivity contribution in [2.75, 3.05) is 23.7 Å². The van der Waals surface area contributed by atoms with E-state index >= 15 is 0 Å². The SMILES string of the molecule is CC1C(C)N(c2nc(N)nc3scnc23)CCN1C(=O)O. The number of piperazine rings is 1. The summed E-state index contributed by atoms with van der Waals surface area (Å²) < 4.78 is 0. The zero-order valence-electron chi connectivity index (χ0n) is 11.7. The Hall–Kier alpha value is -2.16. The molecule has 21 heavy (non-hydrogen) atoms. The number of fused-ring (bicyclic) bond motifs is 1. The van der Waals surface area contributed by atoms with E-state index in [0.717, 1.165) is 10.3 Å². The lowest BCUT2D eigenvalue weighted by atomic mass is 10.1. The van der Waals surface area contributed by atoms with Crippen molar-refractivity contribution in [2.45, 2.75) is 25.9 Å². The average Bonchev–Trinajstić information content (AvgIpc) is 2.88. The predicted molar refractivity (Wildman–Crippen MR) is 80.6 cm³/mol. The van der Waals surface area contributed by atoms with Gasteiger partial charge in [-0.25, -0.2) is 14.8 Å². The molecule has 0 aromatic carbocycles. The van der Waals surface area contributed by atoms with Gasteiger partial charge in [0.1, 0.15) is 5.52 Å². The minimum atomic E-state index is -0.894. The fourth-order valence-electron chi connectivity index (χ4n) is 2.68. The molecule has 0 radical (unpaired) electrons. The predicted octanol–water partition coefficient (Wildman–Crippen LogP) is 1.25. The van der Waals surface area contributed by atoms with Crippen LogP contribution in [0.1, 0.15) is 13.8 Å². The second kappa shape index (κ2) is 4.99. The molecule has 0 saturated carbocycles. The highest BCUT2D eigenvalue weighted by molar-refractivity contribution is 7.16. The Morgan fingerprint density at radius 1 is 1.38 bits per heavy atom. The molecule has 0 bridgehead atoms. The topological polar surface area (TPSA) is 108 Å². The molecule has 2 unspecified atom stereocenters. The van der Waals surface area contributed by atoms with Crippen molar-refractivity contribution in [3.8, 4) is 0 Å². The Bertz CT molecular complexity index is 689. The normalized spacial score (nSPS) is 22.8. The van der Waals surface area contributed by atoms with Crippen LogP contribution < -0.4 is 10.6 Å². The molecule has 1 saturated heterocycles. The summed E-state index contributed by atoms with van der Waals surface area (Å²) >= 11 is 1.41. The molecule has 3 N–H and O–H groups in total. The minimum Gasteiger partial charge on any atom is -0.465 e. The van der Waals surface area contributed by atoms with Crippen LogP contribution in [-0.4, -0.2) is 56.2 Å². The molecule has 2 aromatic rings. The van der Waals surface area contributed by atoms with Crippen LogP contribution in [-0.2, 0) is 0 Å². The van der Waals surface area contributed by atoms with Crippen LogP contribution in [0, 0.1) is 0 Å². The number of carbonyl (C=O) groups is 1. The van der Waals surface area contributed by atoms with Crippen LogP contribution in [0.2, 0.25) is 0 Å². The van der Waals surface area contributed by atoms with Crippen LogP contribution in [0.25, 0.3) is 10.3 Å². The lowest BCUT2D eigenvalue weighted by molar-refractivity contribution is 0.111. The molecule has 3 rings (SSSR count). The smallest absolute Gasteiger partial charge is 0.407 e. The Morgan fingerprint density at radius 2 is 2.14 bits per heavy atom. The lowest BCUT2D eigenvalue weighted by Crippen LogP contribution is -2.59.